The van der Waals surface area contributed by atoms with E-state index in [-0.39, 0.29) is 5.83 Å². The van der Waals surface area contributed by atoms with Crippen molar-refractivity contribution in [3.63, 3.8) is 0 Å². The molecule has 0 aromatic heterocycles. The number of hydrogen-bond donors (Lipinski definition) is 1. The van der Waals surface area contributed by atoms with E-state index in [4.69, 9.17) is 0 Å². The molecule has 0 aromatic carbocycles. The van der Waals surface area contributed by atoms with Crippen LogP contribution in [0.4, 0.5) is 4.39 Å². The van der Waals surface area contributed by atoms with Crippen LogP contribution >= 0.6 is 0 Å². The van der Waals surface area contributed by atoms with Gasteiger partial charge in [-0.25, -0.2) is 4.39 Å². The van der Waals surface area contributed by atoms with Crippen molar-refractivity contribution in [3.05, 3.63) is 11.4 Å². The molecule has 1 nitrogen and oxygen atoms in total. The van der Waals surface area contributed by atoms with Gasteiger partial charge < -0.3 is 5.32 Å². The number of allylic oxidation sites excluding steroid dienone is 1. The first-order chi connectivity index (χ1) is 7.86. The second kappa shape index (κ2) is 6.39. The molecule has 2 aliphatic carbocycles. The lowest BCUT2D eigenvalue weighted by Crippen LogP contribution is -2.32. The highest BCUT2D eigenvalue weighted by Crippen LogP contribution is 2.26. The van der Waals surface area contributed by atoms with Crippen LogP contribution in [0.2, 0.25) is 0 Å². The van der Waals surface area contributed by atoms with Crippen LogP contribution in [0.5, 0.6) is 0 Å². The van der Waals surface area contributed by atoms with E-state index < -0.39 is 0 Å². The van der Waals surface area contributed by atoms with Crippen LogP contribution in [0.3, 0.4) is 0 Å². The number of nitrogens with one attached hydrogen (secondary N) is 1. The molecule has 0 bridgehead atoms. The lowest BCUT2D eigenvalue weighted by atomic mass is 9.93. The SMILES string of the molecule is FC(CNC1CCCCC1)=C1CCCCC1. The maximum atomic E-state index is 13.9. The molecule has 0 spiro atoms. The fraction of sp³-hybridized carbons (Fsp3) is 0.857. The average Bonchev–Trinajstić information content (AvgIpc) is 2.38. The summed E-state index contributed by atoms with van der Waals surface area (Å²) in [6, 6.07) is 0.573. The van der Waals surface area contributed by atoms with Crippen LogP contribution in [0, 0.1) is 0 Å². The molecule has 0 aliphatic heterocycles. The summed E-state index contributed by atoms with van der Waals surface area (Å²) >= 11 is 0. The molecule has 2 fully saturated rings. The van der Waals surface area contributed by atoms with Gasteiger partial charge in [0.15, 0.2) is 0 Å². The molecule has 16 heavy (non-hydrogen) atoms. The Morgan fingerprint density at radius 1 is 1.00 bits per heavy atom. The monoisotopic (exact) mass is 225 g/mol. The summed E-state index contributed by atoms with van der Waals surface area (Å²) in [5.41, 5.74) is 1.09. The Hall–Kier alpha value is -0.370. The summed E-state index contributed by atoms with van der Waals surface area (Å²) in [6.45, 7) is 0.486. The summed E-state index contributed by atoms with van der Waals surface area (Å²) in [7, 11) is 0. The van der Waals surface area contributed by atoms with E-state index in [1.54, 1.807) is 0 Å². The summed E-state index contributed by atoms with van der Waals surface area (Å²) in [6.07, 6.45) is 12.1. The minimum Gasteiger partial charge on any atom is -0.308 e. The van der Waals surface area contributed by atoms with E-state index in [0.29, 0.717) is 12.6 Å². The summed E-state index contributed by atoms with van der Waals surface area (Å²) in [5, 5.41) is 3.39. The first-order valence-corrected chi connectivity index (χ1v) is 6.96. The van der Waals surface area contributed by atoms with Crippen molar-refractivity contribution < 1.29 is 4.39 Å². The maximum Gasteiger partial charge on any atom is 0.113 e. The second-order valence-corrected chi connectivity index (χ2v) is 5.28. The van der Waals surface area contributed by atoms with Gasteiger partial charge in [0.25, 0.3) is 0 Å². The van der Waals surface area contributed by atoms with E-state index in [1.165, 1.54) is 51.4 Å². The minimum atomic E-state index is 0.144. The highest BCUT2D eigenvalue weighted by Gasteiger charge is 2.15. The van der Waals surface area contributed by atoms with E-state index in [0.717, 1.165) is 18.4 Å². The topological polar surface area (TPSA) is 12.0 Å². The van der Waals surface area contributed by atoms with Gasteiger partial charge in [-0.1, -0.05) is 25.7 Å². The van der Waals surface area contributed by atoms with Crippen molar-refractivity contribution in [2.75, 3.05) is 6.54 Å². The minimum absolute atomic E-state index is 0.144. The van der Waals surface area contributed by atoms with Crippen LogP contribution in [0.25, 0.3) is 0 Å². The Labute approximate surface area is 98.5 Å². The molecule has 0 saturated heterocycles. The maximum absolute atomic E-state index is 13.9. The Balaban J connectivity index is 1.75. The van der Waals surface area contributed by atoms with Gasteiger partial charge in [-0.15, -0.1) is 0 Å². The highest BCUT2D eigenvalue weighted by molar-refractivity contribution is 5.11. The smallest absolute Gasteiger partial charge is 0.113 e. The molecule has 2 saturated carbocycles. The third-order valence-electron chi connectivity index (χ3n) is 3.99. The Morgan fingerprint density at radius 2 is 1.62 bits per heavy atom. The lowest BCUT2D eigenvalue weighted by molar-refractivity contribution is 0.370. The largest absolute Gasteiger partial charge is 0.308 e. The molecule has 0 aromatic rings. The molecule has 0 unspecified atom stereocenters. The molecule has 0 radical (unpaired) electrons. The normalized spacial score (nSPS) is 23.4. The first kappa shape index (κ1) is 12.1. The van der Waals surface area contributed by atoms with E-state index in [9.17, 15) is 4.39 Å². The van der Waals surface area contributed by atoms with E-state index in [1.807, 2.05) is 0 Å². The zero-order chi connectivity index (χ0) is 11.2. The van der Waals surface area contributed by atoms with Crippen molar-refractivity contribution in [1.82, 2.24) is 5.32 Å². The van der Waals surface area contributed by atoms with Crippen molar-refractivity contribution in [1.29, 1.82) is 0 Å². The molecular formula is C14H24FN. The van der Waals surface area contributed by atoms with Gasteiger partial charge in [0.1, 0.15) is 5.83 Å². The van der Waals surface area contributed by atoms with Crippen molar-refractivity contribution in [2.45, 2.75) is 70.3 Å². The molecule has 0 atom stereocenters. The van der Waals surface area contributed by atoms with Gasteiger partial charge in [0.05, 0.1) is 0 Å². The molecule has 1 N–H and O–H groups in total. The summed E-state index contributed by atoms with van der Waals surface area (Å²) < 4.78 is 13.9. The molecule has 0 amide bonds. The molecule has 2 aliphatic rings. The summed E-state index contributed by atoms with van der Waals surface area (Å²) in [4.78, 5) is 0. The van der Waals surface area contributed by atoms with Crippen LogP contribution in [-0.4, -0.2) is 12.6 Å². The Morgan fingerprint density at radius 3 is 2.31 bits per heavy atom. The van der Waals surface area contributed by atoms with E-state index in [2.05, 4.69) is 5.32 Å². The van der Waals surface area contributed by atoms with Crippen molar-refractivity contribution >= 4 is 0 Å². The first-order valence-electron chi connectivity index (χ1n) is 6.96. The molecule has 2 rings (SSSR count). The second-order valence-electron chi connectivity index (χ2n) is 5.28. The molecule has 92 valence electrons. The quantitative estimate of drug-likeness (QED) is 0.762. The predicted molar refractivity (Wildman–Crippen MR) is 66.1 cm³/mol. The number of rotatable bonds is 3. The van der Waals surface area contributed by atoms with Gasteiger partial charge in [0.2, 0.25) is 0 Å². The van der Waals surface area contributed by atoms with Crippen LogP contribution in [0.1, 0.15) is 64.2 Å². The standard InChI is InChI=1S/C14H24FN/c15-14(12-7-3-1-4-8-12)11-16-13-9-5-2-6-10-13/h13,16H,1-11H2. The van der Waals surface area contributed by atoms with Crippen LogP contribution in [0.15, 0.2) is 11.4 Å². The fourth-order valence-electron chi connectivity index (χ4n) is 2.92. The van der Waals surface area contributed by atoms with Crippen LogP contribution < -0.4 is 5.32 Å². The molecule has 0 heterocycles. The Bertz CT molecular complexity index is 233. The van der Waals surface area contributed by atoms with Gasteiger partial charge >= 0.3 is 0 Å². The van der Waals surface area contributed by atoms with Gasteiger partial charge in [-0.05, 0) is 44.1 Å². The van der Waals surface area contributed by atoms with Crippen LogP contribution in [-0.2, 0) is 0 Å². The molecule has 2 heteroatoms. The summed E-state index contributed by atoms with van der Waals surface area (Å²) in [5.74, 6) is 0.144. The highest BCUT2D eigenvalue weighted by atomic mass is 19.1. The third-order valence-corrected chi connectivity index (χ3v) is 3.99. The van der Waals surface area contributed by atoms with Crippen molar-refractivity contribution in [2.24, 2.45) is 0 Å². The zero-order valence-corrected chi connectivity index (χ0v) is 10.2. The zero-order valence-electron chi connectivity index (χ0n) is 10.2. The van der Waals surface area contributed by atoms with Crippen molar-refractivity contribution in [3.8, 4) is 0 Å². The fourth-order valence-corrected chi connectivity index (χ4v) is 2.92. The lowest BCUT2D eigenvalue weighted by Gasteiger charge is -2.23. The Kier molecular flexibility index (Phi) is 4.83. The van der Waals surface area contributed by atoms with Gasteiger partial charge in [0, 0.05) is 12.6 Å². The average molecular weight is 225 g/mol. The van der Waals surface area contributed by atoms with Gasteiger partial charge in [-0.2, -0.15) is 0 Å². The number of hydrogen-bond acceptors (Lipinski definition) is 1. The van der Waals surface area contributed by atoms with E-state index >= 15 is 0 Å². The third kappa shape index (κ3) is 3.58. The molecular weight excluding hydrogens is 201 g/mol. The predicted octanol–water partition coefficient (Wildman–Crippen LogP) is 4.10. The van der Waals surface area contributed by atoms with Gasteiger partial charge in [-0.3, -0.25) is 0 Å². The number of halogens is 1.